The molecule has 0 radical (unpaired) electrons. The van der Waals surface area contributed by atoms with Gasteiger partial charge in [-0.15, -0.1) is 11.3 Å². The lowest BCUT2D eigenvalue weighted by Gasteiger charge is -1.89. The average Bonchev–Trinajstić information content (AvgIpc) is 2.93. The number of benzene rings is 1. The second kappa shape index (κ2) is 4.40. The molecule has 3 nitrogen and oxygen atoms in total. The number of halogens is 3. The van der Waals surface area contributed by atoms with E-state index in [0.29, 0.717) is 10.8 Å². The summed E-state index contributed by atoms with van der Waals surface area (Å²) in [5, 5.41) is 1.82. The first-order valence-corrected chi connectivity index (χ1v) is 6.70. The van der Waals surface area contributed by atoms with E-state index in [-0.39, 0.29) is 5.69 Å². The summed E-state index contributed by atoms with van der Waals surface area (Å²) >= 11 is 4.51. The summed E-state index contributed by atoms with van der Waals surface area (Å²) in [6, 6.07) is 5.61. The van der Waals surface area contributed by atoms with E-state index < -0.39 is 6.43 Å². The van der Waals surface area contributed by atoms with Crippen molar-refractivity contribution in [3.63, 3.8) is 0 Å². The van der Waals surface area contributed by atoms with Gasteiger partial charge >= 0.3 is 0 Å². The number of rotatable bonds is 2. The number of nitrogens with one attached hydrogen (secondary N) is 1. The van der Waals surface area contributed by atoms with Crippen LogP contribution in [0.15, 0.2) is 28.1 Å². The molecule has 0 saturated heterocycles. The van der Waals surface area contributed by atoms with Gasteiger partial charge in [0, 0.05) is 9.85 Å². The lowest BCUT2D eigenvalue weighted by Crippen LogP contribution is -1.84. The van der Waals surface area contributed by atoms with Crippen LogP contribution in [0.4, 0.5) is 8.78 Å². The highest BCUT2D eigenvalue weighted by atomic mass is 79.9. The summed E-state index contributed by atoms with van der Waals surface area (Å²) < 4.78 is 25.9. The van der Waals surface area contributed by atoms with Crippen molar-refractivity contribution in [1.82, 2.24) is 15.0 Å². The highest BCUT2D eigenvalue weighted by Gasteiger charge is 2.15. The minimum atomic E-state index is -2.55. The fourth-order valence-electron chi connectivity index (χ4n) is 1.58. The van der Waals surface area contributed by atoms with E-state index in [0.717, 1.165) is 26.8 Å². The number of H-pyrrole nitrogens is 1. The molecular formula is C11H6BrF2N3S. The van der Waals surface area contributed by atoms with Crippen LogP contribution in [-0.2, 0) is 0 Å². The number of hydrogen-bond acceptors (Lipinski definition) is 3. The summed E-state index contributed by atoms with van der Waals surface area (Å²) in [6.07, 6.45) is -2.55. The van der Waals surface area contributed by atoms with Crippen LogP contribution in [-0.4, -0.2) is 15.0 Å². The predicted molar refractivity (Wildman–Crippen MR) is 69.9 cm³/mol. The molecule has 2 aromatic heterocycles. The molecule has 0 aliphatic carbocycles. The van der Waals surface area contributed by atoms with Crippen molar-refractivity contribution in [3.05, 3.63) is 33.7 Å². The topological polar surface area (TPSA) is 41.6 Å². The maximum atomic E-state index is 12.5. The zero-order valence-electron chi connectivity index (χ0n) is 8.82. The lowest BCUT2D eigenvalue weighted by atomic mass is 10.3. The van der Waals surface area contributed by atoms with Crippen molar-refractivity contribution < 1.29 is 8.78 Å². The Bertz CT molecular complexity index is 707. The summed E-state index contributed by atoms with van der Waals surface area (Å²) in [5.41, 5.74) is 1.41. The zero-order chi connectivity index (χ0) is 12.7. The smallest absolute Gasteiger partial charge is 0.281 e. The van der Waals surface area contributed by atoms with Gasteiger partial charge in [-0.1, -0.05) is 15.9 Å². The Hall–Kier alpha value is -1.34. The lowest BCUT2D eigenvalue weighted by molar-refractivity contribution is 0.147. The molecule has 18 heavy (non-hydrogen) atoms. The molecule has 0 amide bonds. The van der Waals surface area contributed by atoms with Crippen LogP contribution < -0.4 is 0 Å². The second-order valence-electron chi connectivity index (χ2n) is 3.63. The number of fused-ring (bicyclic) bond motifs is 1. The number of alkyl halides is 2. The van der Waals surface area contributed by atoms with Gasteiger partial charge in [0.25, 0.3) is 6.43 Å². The van der Waals surface area contributed by atoms with Gasteiger partial charge in [-0.2, -0.15) is 0 Å². The average molecular weight is 330 g/mol. The normalized spacial score (nSPS) is 11.6. The van der Waals surface area contributed by atoms with Gasteiger partial charge in [-0.3, -0.25) is 0 Å². The van der Waals surface area contributed by atoms with Crippen LogP contribution in [0, 0.1) is 0 Å². The third-order valence-electron chi connectivity index (χ3n) is 2.39. The third-order valence-corrected chi connectivity index (χ3v) is 3.75. The highest BCUT2D eigenvalue weighted by molar-refractivity contribution is 9.10. The first kappa shape index (κ1) is 11.7. The SMILES string of the molecule is FC(F)c1csc(-c2nc3ccc(Br)cc3[nH]2)n1. The van der Waals surface area contributed by atoms with Gasteiger partial charge in [0.05, 0.1) is 11.0 Å². The van der Waals surface area contributed by atoms with Crippen LogP contribution in [0.5, 0.6) is 0 Å². The molecule has 3 aromatic rings. The molecule has 0 saturated carbocycles. The van der Waals surface area contributed by atoms with Gasteiger partial charge in [-0.05, 0) is 18.2 Å². The van der Waals surface area contributed by atoms with Gasteiger partial charge in [0.1, 0.15) is 5.69 Å². The Morgan fingerprint density at radius 2 is 2.11 bits per heavy atom. The number of aromatic nitrogens is 3. The van der Waals surface area contributed by atoms with Crippen molar-refractivity contribution in [2.75, 3.05) is 0 Å². The number of nitrogens with zero attached hydrogens (tertiary/aromatic N) is 2. The highest BCUT2D eigenvalue weighted by Crippen LogP contribution is 2.28. The Kier molecular flexibility index (Phi) is 2.87. The summed E-state index contributed by atoms with van der Waals surface area (Å²) in [5.74, 6) is 0.514. The maximum absolute atomic E-state index is 12.5. The molecule has 0 fully saturated rings. The second-order valence-corrected chi connectivity index (χ2v) is 5.40. The molecule has 0 aliphatic rings. The number of aromatic amines is 1. The Morgan fingerprint density at radius 1 is 1.28 bits per heavy atom. The number of thiazole rings is 1. The van der Waals surface area contributed by atoms with Gasteiger partial charge < -0.3 is 4.98 Å². The minimum Gasteiger partial charge on any atom is -0.336 e. The van der Waals surface area contributed by atoms with Crippen LogP contribution >= 0.6 is 27.3 Å². The fourth-order valence-corrected chi connectivity index (χ4v) is 2.69. The van der Waals surface area contributed by atoms with E-state index in [1.807, 2.05) is 18.2 Å². The van der Waals surface area contributed by atoms with Crippen molar-refractivity contribution in [2.45, 2.75) is 6.43 Å². The molecule has 3 rings (SSSR count). The molecular weight excluding hydrogens is 324 g/mol. The van der Waals surface area contributed by atoms with Crippen LogP contribution in [0.3, 0.4) is 0 Å². The zero-order valence-corrected chi connectivity index (χ0v) is 11.2. The molecule has 0 unspecified atom stereocenters. The first-order chi connectivity index (χ1) is 8.63. The molecule has 1 N–H and O–H groups in total. The van der Waals surface area contributed by atoms with Crippen molar-refractivity contribution in [1.29, 1.82) is 0 Å². The maximum Gasteiger partial charge on any atom is 0.281 e. The van der Waals surface area contributed by atoms with Gasteiger partial charge in [0.2, 0.25) is 0 Å². The Labute approximate surface area is 113 Å². The monoisotopic (exact) mass is 329 g/mol. The first-order valence-electron chi connectivity index (χ1n) is 5.03. The largest absolute Gasteiger partial charge is 0.336 e. The summed E-state index contributed by atoms with van der Waals surface area (Å²) in [6.45, 7) is 0. The molecule has 92 valence electrons. The van der Waals surface area contributed by atoms with Crippen LogP contribution in [0.2, 0.25) is 0 Å². The van der Waals surface area contributed by atoms with Crippen molar-refractivity contribution in [2.24, 2.45) is 0 Å². The quantitative estimate of drug-likeness (QED) is 0.757. The van der Waals surface area contributed by atoms with Crippen molar-refractivity contribution in [3.8, 4) is 10.8 Å². The van der Waals surface area contributed by atoms with Gasteiger partial charge in [-0.25, -0.2) is 18.7 Å². The van der Waals surface area contributed by atoms with E-state index >= 15 is 0 Å². The van der Waals surface area contributed by atoms with E-state index in [4.69, 9.17) is 0 Å². The number of hydrogen-bond donors (Lipinski definition) is 1. The molecule has 0 atom stereocenters. The van der Waals surface area contributed by atoms with Gasteiger partial charge in [0.15, 0.2) is 10.8 Å². The molecule has 2 heterocycles. The van der Waals surface area contributed by atoms with E-state index in [2.05, 4.69) is 30.9 Å². The Balaban J connectivity index is 2.07. The number of imidazole rings is 1. The standard InChI is InChI=1S/C11H6BrF2N3S/c12-5-1-2-6-7(3-5)16-10(15-6)11-17-8(4-18-11)9(13)14/h1-4,9H,(H,15,16). The third kappa shape index (κ3) is 2.04. The van der Waals surface area contributed by atoms with E-state index in [9.17, 15) is 8.78 Å². The van der Waals surface area contributed by atoms with E-state index in [1.54, 1.807) is 0 Å². The van der Waals surface area contributed by atoms with E-state index in [1.165, 1.54) is 5.38 Å². The van der Waals surface area contributed by atoms with Crippen molar-refractivity contribution >= 4 is 38.3 Å². The molecule has 0 aliphatic heterocycles. The molecule has 1 aromatic carbocycles. The Morgan fingerprint density at radius 3 is 2.83 bits per heavy atom. The van der Waals surface area contributed by atoms with Crippen LogP contribution in [0.25, 0.3) is 21.9 Å². The molecule has 0 bridgehead atoms. The van der Waals surface area contributed by atoms with Crippen LogP contribution in [0.1, 0.15) is 12.1 Å². The molecule has 0 spiro atoms. The summed E-state index contributed by atoms with van der Waals surface area (Å²) in [4.78, 5) is 11.3. The summed E-state index contributed by atoms with van der Waals surface area (Å²) in [7, 11) is 0. The minimum absolute atomic E-state index is 0.211. The fraction of sp³-hybridized carbons (Fsp3) is 0.0909. The predicted octanol–water partition coefficient (Wildman–Crippen LogP) is 4.39. The molecule has 7 heteroatoms.